The quantitative estimate of drug-likeness (QED) is 0.861. The van der Waals surface area contributed by atoms with Crippen LogP contribution in [0.2, 0.25) is 0 Å². The molecular weight excluding hydrogens is 246 g/mol. The van der Waals surface area contributed by atoms with Crippen molar-refractivity contribution in [2.45, 2.75) is 19.3 Å². The SMILES string of the molecule is Brc1cc(CC2CCNCC2)cs1. The lowest BCUT2D eigenvalue weighted by Gasteiger charge is -2.21. The van der Waals surface area contributed by atoms with Crippen molar-refractivity contribution in [3.05, 3.63) is 20.8 Å². The summed E-state index contributed by atoms with van der Waals surface area (Å²) >= 11 is 5.30. The summed E-state index contributed by atoms with van der Waals surface area (Å²) in [5.74, 6) is 0.905. The molecule has 0 unspecified atom stereocenters. The summed E-state index contributed by atoms with van der Waals surface area (Å²) in [6.45, 7) is 2.41. The zero-order valence-electron chi connectivity index (χ0n) is 7.55. The Morgan fingerprint density at radius 1 is 1.46 bits per heavy atom. The summed E-state index contributed by atoms with van der Waals surface area (Å²) in [6.07, 6.45) is 3.95. The summed E-state index contributed by atoms with van der Waals surface area (Å²) in [5.41, 5.74) is 1.50. The minimum absolute atomic E-state index is 0.905. The molecule has 1 aromatic heterocycles. The lowest BCUT2D eigenvalue weighted by Crippen LogP contribution is -2.28. The zero-order valence-corrected chi connectivity index (χ0v) is 9.96. The minimum Gasteiger partial charge on any atom is -0.317 e. The molecule has 1 N–H and O–H groups in total. The van der Waals surface area contributed by atoms with Gasteiger partial charge < -0.3 is 5.32 Å². The molecule has 13 heavy (non-hydrogen) atoms. The van der Waals surface area contributed by atoms with Crippen molar-refractivity contribution in [3.8, 4) is 0 Å². The molecule has 0 radical (unpaired) electrons. The van der Waals surface area contributed by atoms with Gasteiger partial charge in [-0.2, -0.15) is 0 Å². The molecule has 1 saturated heterocycles. The Balaban J connectivity index is 1.89. The van der Waals surface area contributed by atoms with Crippen molar-refractivity contribution in [2.75, 3.05) is 13.1 Å². The third-order valence-electron chi connectivity index (χ3n) is 2.60. The normalized spacial score (nSPS) is 19.2. The van der Waals surface area contributed by atoms with Gasteiger partial charge in [0.1, 0.15) is 0 Å². The lowest BCUT2D eigenvalue weighted by atomic mass is 9.92. The molecule has 2 heterocycles. The van der Waals surface area contributed by atoms with Gasteiger partial charge in [0.25, 0.3) is 0 Å². The van der Waals surface area contributed by atoms with Crippen molar-refractivity contribution < 1.29 is 0 Å². The second-order valence-corrected chi connectivity index (χ2v) is 5.95. The van der Waals surface area contributed by atoms with Crippen molar-refractivity contribution in [1.29, 1.82) is 0 Å². The van der Waals surface area contributed by atoms with E-state index in [4.69, 9.17) is 0 Å². The maximum atomic E-state index is 3.50. The predicted molar refractivity (Wildman–Crippen MR) is 61.3 cm³/mol. The van der Waals surface area contributed by atoms with Crippen LogP contribution >= 0.6 is 27.3 Å². The Morgan fingerprint density at radius 3 is 2.85 bits per heavy atom. The Hall–Kier alpha value is 0.140. The average Bonchev–Trinajstić information content (AvgIpc) is 2.53. The monoisotopic (exact) mass is 259 g/mol. The molecule has 1 aliphatic rings. The lowest BCUT2D eigenvalue weighted by molar-refractivity contribution is 0.373. The third-order valence-corrected chi connectivity index (χ3v) is 4.16. The Kier molecular flexibility index (Phi) is 3.41. The average molecular weight is 260 g/mol. The number of nitrogens with one attached hydrogen (secondary N) is 1. The topological polar surface area (TPSA) is 12.0 Å². The first-order valence-electron chi connectivity index (χ1n) is 4.78. The van der Waals surface area contributed by atoms with Crippen molar-refractivity contribution >= 4 is 27.3 Å². The third kappa shape index (κ3) is 2.79. The van der Waals surface area contributed by atoms with E-state index in [0.29, 0.717) is 0 Å². The van der Waals surface area contributed by atoms with Crippen LogP contribution in [0.25, 0.3) is 0 Å². The highest BCUT2D eigenvalue weighted by atomic mass is 79.9. The van der Waals surface area contributed by atoms with Gasteiger partial charge in [0.2, 0.25) is 0 Å². The van der Waals surface area contributed by atoms with Gasteiger partial charge in [0.05, 0.1) is 3.79 Å². The number of piperidine rings is 1. The first kappa shape index (κ1) is 9.69. The van der Waals surface area contributed by atoms with Gasteiger partial charge in [-0.1, -0.05) is 0 Å². The number of hydrogen-bond acceptors (Lipinski definition) is 2. The number of thiophene rings is 1. The molecule has 0 spiro atoms. The van der Waals surface area contributed by atoms with Gasteiger partial charge in [-0.3, -0.25) is 0 Å². The molecule has 0 aliphatic carbocycles. The molecule has 1 fully saturated rings. The number of rotatable bonds is 2. The molecule has 72 valence electrons. The molecule has 0 saturated carbocycles. The van der Waals surface area contributed by atoms with E-state index in [1.165, 1.54) is 41.7 Å². The fourth-order valence-corrected chi connectivity index (χ4v) is 3.09. The van der Waals surface area contributed by atoms with Gasteiger partial charge in [-0.15, -0.1) is 11.3 Å². The Morgan fingerprint density at radius 2 is 2.23 bits per heavy atom. The molecule has 0 amide bonds. The summed E-state index contributed by atoms with van der Waals surface area (Å²) in [7, 11) is 0. The number of hydrogen-bond donors (Lipinski definition) is 1. The van der Waals surface area contributed by atoms with E-state index in [9.17, 15) is 0 Å². The summed E-state index contributed by atoms with van der Waals surface area (Å²) in [6, 6.07) is 2.26. The summed E-state index contributed by atoms with van der Waals surface area (Å²) in [4.78, 5) is 0. The second kappa shape index (κ2) is 4.58. The standard InChI is InChI=1S/C10H14BrNS/c11-10-6-9(7-13-10)5-8-1-3-12-4-2-8/h6-8,12H,1-5H2. The van der Waals surface area contributed by atoms with Crippen molar-refractivity contribution in [2.24, 2.45) is 5.92 Å². The van der Waals surface area contributed by atoms with E-state index < -0.39 is 0 Å². The Labute approximate surface area is 91.7 Å². The van der Waals surface area contributed by atoms with Gasteiger partial charge in [-0.05, 0) is 71.2 Å². The van der Waals surface area contributed by atoms with Crippen LogP contribution in [0.1, 0.15) is 18.4 Å². The number of halogens is 1. The highest BCUT2D eigenvalue weighted by molar-refractivity contribution is 9.11. The summed E-state index contributed by atoms with van der Waals surface area (Å²) < 4.78 is 1.26. The van der Waals surface area contributed by atoms with E-state index in [1.54, 1.807) is 11.3 Å². The van der Waals surface area contributed by atoms with Crippen LogP contribution in [0.4, 0.5) is 0 Å². The first-order valence-corrected chi connectivity index (χ1v) is 6.45. The van der Waals surface area contributed by atoms with Gasteiger partial charge in [0, 0.05) is 0 Å². The largest absolute Gasteiger partial charge is 0.317 e. The van der Waals surface area contributed by atoms with Crippen molar-refractivity contribution in [1.82, 2.24) is 5.32 Å². The zero-order chi connectivity index (χ0) is 9.10. The minimum atomic E-state index is 0.905. The molecule has 0 atom stereocenters. The molecule has 1 aliphatic heterocycles. The molecule has 3 heteroatoms. The van der Waals surface area contributed by atoms with E-state index in [1.807, 2.05) is 0 Å². The van der Waals surface area contributed by atoms with E-state index in [-0.39, 0.29) is 0 Å². The molecular formula is C10H14BrNS. The van der Waals surface area contributed by atoms with Crippen molar-refractivity contribution in [3.63, 3.8) is 0 Å². The molecule has 2 rings (SSSR count). The van der Waals surface area contributed by atoms with Crippen LogP contribution in [-0.2, 0) is 6.42 Å². The molecule has 1 nitrogen and oxygen atoms in total. The second-order valence-electron chi connectivity index (χ2n) is 3.66. The summed E-state index contributed by atoms with van der Waals surface area (Å²) in [5, 5.41) is 5.67. The highest BCUT2D eigenvalue weighted by Gasteiger charge is 2.13. The van der Waals surface area contributed by atoms with Crippen LogP contribution in [0.15, 0.2) is 15.2 Å². The highest BCUT2D eigenvalue weighted by Crippen LogP contribution is 2.25. The van der Waals surface area contributed by atoms with Gasteiger partial charge in [0.15, 0.2) is 0 Å². The van der Waals surface area contributed by atoms with E-state index in [0.717, 1.165) is 5.92 Å². The predicted octanol–water partition coefficient (Wildman–Crippen LogP) is 3.05. The fraction of sp³-hybridized carbons (Fsp3) is 0.600. The molecule has 0 bridgehead atoms. The van der Waals surface area contributed by atoms with Gasteiger partial charge in [-0.25, -0.2) is 0 Å². The maximum Gasteiger partial charge on any atom is 0.0701 e. The maximum absolute atomic E-state index is 3.50. The van der Waals surface area contributed by atoms with Crippen LogP contribution in [0, 0.1) is 5.92 Å². The van der Waals surface area contributed by atoms with Crippen LogP contribution < -0.4 is 5.32 Å². The fourth-order valence-electron chi connectivity index (χ4n) is 1.87. The molecule has 1 aromatic rings. The van der Waals surface area contributed by atoms with Gasteiger partial charge >= 0.3 is 0 Å². The molecule has 0 aromatic carbocycles. The first-order chi connectivity index (χ1) is 6.34. The van der Waals surface area contributed by atoms with Crippen LogP contribution in [-0.4, -0.2) is 13.1 Å². The van der Waals surface area contributed by atoms with Crippen LogP contribution in [0.3, 0.4) is 0 Å². The van der Waals surface area contributed by atoms with Crippen LogP contribution in [0.5, 0.6) is 0 Å². The smallest absolute Gasteiger partial charge is 0.0701 e. The van der Waals surface area contributed by atoms with E-state index >= 15 is 0 Å². The Bertz CT molecular complexity index is 266. The van der Waals surface area contributed by atoms with E-state index in [2.05, 4.69) is 32.7 Å².